The first-order chi connectivity index (χ1) is 23.0. The Kier molecular flexibility index (Phi) is 35.5. The molecule has 0 aliphatic carbocycles. The van der Waals surface area contributed by atoms with Crippen molar-refractivity contribution < 1.29 is 28.6 Å². The summed E-state index contributed by atoms with van der Waals surface area (Å²) >= 11 is 0. The lowest BCUT2D eigenvalue weighted by molar-refractivity contribution is -0.167. The van der Waals surface area contributed by atoms with Crippen LogP contribution in [0.3, 0.4) is 0 Å². The molecule has 0 bridgehead atoms. The number of ether oxygens (including phenoxy) is 3. The Balaban J connectivity index is 4.01. The van der Waals surface area contributed by atoms with Crippen LogP contribution in [0.15, 0.2) is 12.2 Å². The molecule has 47 heavy (non-hydrogen) atoms. The molecule has 0 N–H and O–H groups in total. The average molecular weight is 665 g/mol. The summed E-state index contributed by atoms with van der Waals surface area (Å²) in [7, 11) is 0. The van der Waals surface area contributed by atoms with E-state index in [1.165, 1.54) is 103 Å². The van der Waals surface area contributed by atoms with E-state index in [1.807, 2.05) is 0 Å². The van der Waals surface area contributed by atoms with E-state index in [2.05, 4.69) is 32.9 Å². The zero-order valence-corrected chi connectivity index (χ0v) is 31.3. The summed E-state index contributed by atoms with van der Waals surface area (Å²) in [6.45, 7) is 6.45. The summed E-state index contributed by atoms with van der Waals surface area (Å²) < 4.78 is 16.4. The molecule has 0 fully saturated rings. The molecule has 0 spiro atoms. The maximum Gasteiger partial charge on any atom is 0.306 e. The van der Waals surface area contributed by atoms with E-state index in [0.717, 1.165) is 70.6 Å². The van der Waals surface area contributed by atoms with Crippen molar-refractivity contribution in [2.75, 3.05) is 13.2 Å². The van der Waals surface area contributed by atoms with Crippen LogP contribution in [-0.4, -0.2) is 37.2 Å². The predicted octanol–water partition coefficient (Wildman–Crippen LogP) is 12.3. The Morgan fingerprint density at radius 3 is 1.06 bits per heavy atom. The summed E-state index contributed by atoms with van der Waals surface area (Å²) in [5.41, 5.74) is 0. The minimum atomic E-state index is -0.757. The fourth-order valence-electron chi connectivity index (χ4n) is 5.67. The number of carbonyl (C=O) groups is 3. The highest BCUT2D eigenvalue weighted by molar-refractivity contribution is 5.71. The number of carbonyl (C=O) groups excluding carboxylic acids is 3. The fraction of sp³-hybridized carbons (Fsp3) is 0.878. The van der Waals surface area contributed by atoms with Crippen molar-refractivity contribution >= 4 is 17.9 Å². The molecule has 6 heteroatoms. The Hall–Kier alpha value is -1.85. The van der Waals surface area contributed by atoms with Crippen molar-refractivity contribution in [3.05, 3.63) is 12.2 Å². The molecular weight excluding hydrogens is 588 g/mol. The van der Waals surface area contributed by atoms with Crippen molar-refractivity contribution in [1.29, 1.82) is 0 Å². The average Bonchev–Trinajstić information content (AvgIpc) is 3.06. The standard InChI is InChI=1S/C41H76O6/c1-4-7-10-13-14-15-16-17-18-19-20-21-22-23-24-25-26-29-31-34-40(43)46-37-38(47-41(44)35-32-28-12-9-6-3)36-45-39(42)33-30-27-11-8-5-2/h17-18,38H,4-16,19-37H2,1-3H3/b18-17-. The highest BCUT2D eigenvalue weighted by Crippen LogP contribution is 2.14. The van der Waals surface area contributed by atoms with E-state index in [0.29, 0.717) is 19.3 Å². The Morgan fingerprint density at radius 1 is 0.404 bits per heavy atom. The Bertz CT molecular complexity index is 733. The van der Waals surface area contributed by atoms with Gasteiger partial charge in [-0.25, -0.2) is 0 Å². The largest absolute Gasteiger partial charge is 0.462 e. The van der Waals surface area contributed by atoms with E-state index < -0.39 is 6.10 Å². The van der Waals surface area contributed by atoms with Gasteiger partial charge in [0.2, 0.25) is 0 Å². The molecule has 1 atom stereocenters. The van der Waals surface area contributed by atoms with Gasteiger partial charge in [0.15, 0.2) is 6.10 Å². The summed E-state index contributed by atoms with van der Waals surface area (Å²) in [5.74, 6) is -0.901. The third-order valence-electron chi connectivity index (χ3n) is 8.77. The Morgan fingerprint density at radius 2 is 0.702 bits per heavy atom. The van der Waals surface area contributed by atoms with Crippen molar-refractivity contribution in [2.24, 2.45) is 0 Å². The summed E-state index contributed by atoms with van der Waals surface area (Å²) in [5, 5.41) is 0. The van der Waals surface area contributed by atoms with Crippen molar-refractivity contribution in [2.45, 2.75) is 219 Å². The lowest BCUT2D eigenvalue weighted by Gasteiger charge is -2.18. The first-order valence-corrected chi connectivity index (χ1v) is 20.2. The zero-order valence-electron chi connectivity index (χ0n) is 31.3. The second kappa shape index (κ2) is 37.0. The quantitative estimate of drug-likeness (QED) is 0.0287. The third kappa shape index (κ3) is 35.3. The summed E-state index contributed by atoms with van der Waals surface area (Å²) in [4.78, 5) is 37.0. The second-order valence-electron chi connectivity index (χ2n) is 13.6. The van der Waals surface area contributed by atoms with Crippen LogP contribution in [0.25, 0.3) is 0 Å². The maximum atomic E-state index is 12.4. The fourth-order valence-corrected chi connectivity index (χ4v) is 5.67. The molecule has 0 heterocycles. The lowest BCUT2D eigenvalue weighted by atomic mass is 10.1. The number of esters is 3. The van der Waals surface area contributed by atoms with Gasteiger partial charge in [0.05, 0.1) is 0 Å². The molecule has 1 unspecified atom stereocenters. The Labute approximate surface area is 290 Å². The SMILES string of the molecule is CCCCCCCC/C=C\CCCCCCCCCCCC(=O)OCC(COC(=O)CCCCCCC)OC(=O)CCCCCCC. The number of unbranched alkanes of at least 4 members (excludes halogenated alkanes) is 23. The number of hydrogen-bond acceptors (Lipinski definition) is 6. The highest BCUT2D eigenvalue weighted by atomic mass is 16.6. The second-order valence-corrected chi connectivity index (χ2v) is 13.6. The van der Waals surface area contributed by atoms with Gasteiger partial charge < -0.3 is 14.2 Å². The molecule has 0 rings (SSSR count). The van der Waals surface area contributed by atoms with Crippen LogP contribution in [-0.2, 0) is 28.6 Å². The molecule has 0 aliphatic rings. The smallest absolute Gasteiger partial charge is 0.306 e. The number of allylic oxidation sites excluding steroid dienone is 2. The van der Waals surface area contributed by atoms with Crippen LogP contribution in [0.5, 0.6) is 0 Å². The van der Waals surface area contributed by atoms with Gasteiger partial charge in [-0.2, -0.15) is 0 Å². The minimum absolute atomic E-state index is 0.0703. The van der Waals surface area contributed by atoms with E-state index in [1.54, 1.807) is 0 Å². The van der Waals surface area contributed by atoms with Crippen LogP contribution in [0.1, 0.15) is 213 Å². The van der Waals surface area contributed by atoms with Gasteiger partial charge in [-0.15, -0.1) is 0 Å². The van der Waals surface area contributed by atoms with Crippen molar-refractivity contribution in [3.8, 4) is 0 Å². The maximum absolute atomic E-state index is 12.4. The van der Waals surface area contributed by atoms with Crippen LogP contribution in [0, 0.1) is 0 Å². The van der Waals surface area contributed by atoms with E-state index >= 15 is 0 Å². The monoisotopic (exact) mass is 665 g/mol. The third-order valence-corrected chi connectivity index (χ3v) is 8.77. The van der Waals surface area contributed by atoms with Crippen molar-refractivity contribution in [3.63, 3.8) is 0 Å². The first kappa shape index (κ1) is 45.2. The van der Waals surface area contributed by atoms with Crippen LogP contribution in [0.2, 0.25) is 0 Å². The van der Waals surface area contributed by atoms with Gasteiger partial charge in [-0.1, -0.05) is 161 Å². The lowest BCUT2D eigenvalue weighted by Crippen LogP contribution is -2.30. The normalized spacial score (nSPS) is 12.0. The zero-order chi connectivity index (χ0) is 34.5. The van der Waals surface area contributed by atoms with E-state index in [9.17, 15) is 14.4 Å². The van der Waals surface area contributed by atoms with Crippen LogP contribution < -0.4 is 0 Å². The summed E-state index contributed by atoms with van der Waals surface area (Å²) in [6, 6.07) is 0. The van der Waals surface area contributed by atoms with Crippen molar-refractivity contribution in [1.82, 2.24) is 0 Å². The van der Waals surface area contributed by atoms with Gasteiger partial charge in [-0.05, 0) is 44.9 Å². The molecule has 6 nitrogen and oxygen atoms in total. The van der Waals surface area contributed by atoms with Gasteiger partial charge in [0, 0.05) is 19.3 Å². The molecule has 0 aliphatic heterocycles. The molecule has 0 saturated heterocycles. The molecule has 0 saturated carbocycles. The minimum Gasteiger partial charge on any atom is -0.462 e. The molecule has 276 valence electrons. The van der Waals surface area contributed by atoms with Crippen LogP contribution in [0.4, 0.5) is 0 Å². The van der Waals surface area contributed by atoms with E-state index in [4.69, 9.17) is 14.2 Å². The number of rotatable bonds is 36. The number of hydrogen-bond donors (Lipinski definition) is 0. The highest BCUT2D eigenvalue weighted by Gasteiger charge is 2.19. The van der Waals surface area contributed by atoms with E-state index in [-0.39, 0.29) is 31.1 Å². The predicted molar refractivity (Wildman–Crippen MR) is 196 cm³/mol. The van der Waals surface area contributed by atoms with Crippen LogP contribution >= 0.6 is 0 Å². The molecule has 0 aromatic rings. The molecule has 0 amide bonds. The first-order valence-electron chi connectivity index (χ1n) is 20.2. The molecule has 0 radical (unpaired) electrons. The van der Waals surface area contributed by atoms with Gasteiger partial charge in [0.25, 0.3) is 0 Å². The van der Waals surface area contributed by atoms with Gasteiger partial charge >= 0.3 is 17.9 Å². The molecule has 0 aromatic carbocycles. The molecule has 0 aromatic heterocycles. The topological polar surface area (TPSA) is 78.9 Å². The molecular formula is C41H76O6. The summed E-state index contributed by atoms with van der Waals surface area (Å²) in [6.07, 6.45) is 36.9. The van der Waals surface area contributed by atoms with Gasteiger partial charge in [-0.3, -0.25) is 14.4 Å². The van der Waals surface area contributed by atoms with Gasteiger partial charge in [0.1, 0.15) is 13.2 Å².